The van der Waals surface area contributed by atoms with E-state index in [9.17, 15) is 9.59 Å². The quantitative estimate of drug-likeness (QED) is 0.194. The van der Waals surface area contributed by atoms with Crippen LogP contribution in [0.3, 0.4) is 0 Å². The zero-order chi connectivity index (χ0) is 32.8. The molecule has 1 N–H and O–H groups in total. The number of pyridine rings is 1. The zero-order valence-electron chi connectivity index (χ0n) is 27.0. The first-order chi connectivity index (χ1) is 23.0. The van der Waals surface area contributed by atoms with Gasteiger partial charge >= 0.3 is 5.97 Å². The lowest BCUT2D eigenvalue weighted by atomic mass is 10.0. The maximum Gasteiger partial charge on any atom is 0.339 e. The number of nitrogens with zero attached hydrogens (tertiary/aromatic N) is 2. The molecule has 0 atom stereocenters. The second-order valence-corrected chi connectivity index (χ2v) is 11.2. The maximum absolute atomic E-state index is 13.7. The highest BCUT2D eigenvalue weighted by Gasteiger charge is 2.28. The molecular formula is C37H39N3O7. The fourth-order valence-corrected chi connectivity index (χ4v) is 6.05. The molecule has 0 unspecified atom stereocenters. The molecule has 3 aromatic carbocycles. The SMILES string of the molecule is CCOc1cc(N2CCOCC2)c(OCC)cc1NC(=O)COC(=O)c1c2c(nc3ccccc13)/C(=C/c1ccc(OC)cc1)CC2. The molecule has 1 aromatic heterocycles. The van der Waals surface area contributed by atoms with Crippen molar-refractivity contribution in [3.05, 3.63) is 83.0 Å². The molecule has 0 radical (unpaired) electrons. The Morgan fingerprint density at radius 3 is 2.45 bits per heavy atom. The topological polar surface area (TPSA) is 108 Å². The minimum atomic E-state index is -0.566. The van der Waals surface area contributed by atoms with E-state index < -0.39 is 18.5 Å². The molecule has 0 spiro atoms. The number of carbonyl (C=O) groups excluding carboxylic acids is 2. The minimum absolute atomic E-state index is 0.406. The first-order valence-corrected chi connectivity index (χ1v) is 16.0. The van der Waals surface area contributed by atoms with E-state index in [1.807, 2.05) is 68.4 Å². The average Bonchev–Trinajstić information content (AvgIpc) is 3.49. The van der Waals surface area contributed by atoms with Gasteiger partial charge in [-0.15, -0.1) is 0 Å². The van der Waals surface area contributed by atoms with Gasteiger partial charge in [-0.05, 0) is 67.7 Å². The predicted molar refractivity (Wildman–Crippen MR) is 182 cm³/mol. The number of benzene rings is 3. The summed E-state index contributed by atoms with van der Waals surface area (Å²) in [5.74, 6) is 0.860. The molecular weight excluding hydrogens is 598 g/mol. The van der Waals surface area contributed by atoms with E-state index in [0.717, 1.165) is 53.3 Å². The molecule has 10 nitrogen and oxygen atoms in total. The second kappa shape index (κ2) is 14.6. The molecule has 1 aliphatic heterocycles. The number of morpholine rings is 1. The fourth-order valence-electron chi connectivity index (χ4n) is 6.05. The van der Waals surface area contributed by atoms with E-state index in [1.165, 1.54) is 0 Å². The van der Waals surface area contributed by atoms with Gasteiger partial charge in [0, 0.05) is 30.6 Å². The molecule has 0 bridgehead atoms. The Hall–Kier alpha value is -5.09. The average molecular weight is 638 g/mol. The van der Waals surface area contributed by atoms with Crippen molar-refractivity contribution in [2.24, 2.45) is 0 Å². The van der Waals surface area contributed by atoms with Crippen LogP contribution in [0.4, 0.5) is 11.4 Å². The van der Waals surface area contributed by atoms with Crippen LogP contribution >= 0.6 is 0 Å². The van der Waals surface area contributed by atoms with Crippen LogP contribution in [0.15, 0.2) is 60.7 Å². The summed E-state index contributed by atoms with van der Waals surface area (Å²) >= 11 is 0. The Balaban J connectivity index is 1.23. The number of hydrogen-bond acceptors (Lipinski definition) is 9. The smallest absolute Gasteiger partial charge is 0.339 e. The van der Waals surface area contributed by atoms with Crippen LogP contribution < -0.4 is 24.4 Å². The van der Waals surface area contributed by atoms with Crippen LogP contribution in [0.5, 0.6) is 17.2 Å². The van der Waals surface area contributed by atoms with Crippen LogP contribution in [0.1, 0.15) is 47.4 Å². The number of nitrogens with one attached hydrogen (secondary N) is 1. The summed E-state index contributed by atoms with van der Waals surface area (Å²) in [5.41, 5.74) is 6.11. The number of hydrogen-bond donors (Lipinski definition) is 1. The van der Waals surface area contributed by atoms with Crippen molar-refractivity contribution in [2.45, 2.75) is 26.7 Å². The van der Waals surface area contributed by atoms with Gasteiger partial charge in [-0.25, -0.2) is 9.78 Å². The number of para-hydroxylation sites is 1. The first-order valence-electron chi connectivity index (χ1n) is 16.0. The Bertz CT molecular complexity index is 1800. The van der Waals surface area contributed by atoms with Gasteiger partial charge in [-0.1, -0.05) is 30.3 Å². The summed E-state index contributed by atoms with van der Waals surface area (Å²) in [6, 6.07) is 19.0. The molecule has 6 rings (SSSR count). The maximum atomic E-state index is 13.7. The Morgan fingerprint density at radius 2 is 1.70 bits per heavy atom. The third-order valence-electron chi connectivity index (χ3n) is 8.22. The first kappa shape index (κ1) is 31.9. The summed E-state index contributed by atoms with van der Waals surface area (Å²) in [4.78, 5) is 34.0. The van der Waals surface area contributed by atoms with Gasteiger partial charge in [0.15, 0.2) is 6.61 Å². The van der Waals surface area contributed by atoms with E-state index in [0.29, 0.717) is 66.5 Å². The monoisotopic (exact) mass is 637 g/mol. The van der Waals surface area contributed by atoms with Crippen LogP contribution in [0, 0.1) is 0 Å². The van der Waals surface area contributed by atoms with Gasteiger partial charge in [0.1, 0.15) is 17.2 Å². The number of carbonyl (C=O) groups is 2. The number of aromatic nitrogens is 1. The van der Waals surface area contributed by atoms with Gasteiger partial charge in [-0.3, -0.25) is 4.79 Å². The van der Waals surface area contributed by atoms with Gasteiger partial charge < -0.3 is 33.9 Å². The number of methoxy groups -OCH3 is 1. The number of anilines is 2. The highest BCUT2D eigenvalue weighted by Crippen LogP contribution is 2.40. The molecule has 1 amide bonds. The summed E-state index contributed by atoms with van der Waals surface area (Å²) in [5, 5.41) is 3.56. The Labute approximate surface area is 274 Å². The molecule has 1 saturated heterocycles. The van der Waals surface area contributed by atoms with Crippen LogP contribution in [0.2, 0.25) is 0 Å². The summed E-state index contributed by atoms with van der Waals surface area (Å²) < 4.78 is 28.3. The van der Waals surface area contributed by atoms with Gasteiger partial charge in [0.05, 0.1) is 61.7 Å². The van der Waals surface area contributed by atoms with E-state index in [-0.39, 0.29) is 0 Å². The molecule has 0 saturated carbocycles. The Kier molecular flexibility index (Phi) is 9.87. The highest BCUT2D eigenvalue weighted by atomic mass is 16.5. The predicted octanol–water partition coefficient (Wildman–Crippen LogP) is 6.16. The van der Waals surface area contributed by atoms with Gasteiger partial charge in [-0.2, -0.15) is 0 Å². The van der Waals surface area contributed by atoms with Crippen molar-refractivity contribution in [3.8, 4) is 17.2 Å². The molecule has 47 heavy (non-hydrogen) atoms. The van der Waals surface area contributed by atoms with Crippen LogP contribution in [-0.4, -0.2) is 70.1 Å². The second-order valence-electron chi connectivity index (χ2n) is 11.2. The van der Waals surface area contributed by atoms with Crippen molar-refractivity contribution < 1.29 is 33.3 Å². The molecule has 1 fully saturated rings. The van der Waals surface area contributed by atoms with Crippen molar-refractivity contribution in [3.63, 3.8) is 0 Å². The third-order valence-corrected chi connectivity index (χ3v) is 8.22. The van der Waals surface area contributed by atoms with Crippen LogP contribution in [0.25, 0.3) is 22.6 Å². The van der Waals surface area contributed by atoms with Crippen molar-refractivity contribution in [2.75, 3.05) is 63.5 Å². The lowest BCUT2D eigenvalue weighted by molar-refractivity contribution is -0.119. The summed E-state index contributed by atoms with van der Waals surface area (Å²) in [6.45, 7) is 6.87. The minimum Gasteiger partial charge on any atom is -0.497 e. The number of rotatable bonds is 11. The normalized spacial score (nSPS) is 15.0. The highest BCUT2D eigenvalue weighted by molar-refractivity contribution is 6.08. The zero-order valence-corrected chi connectivity index (χ0v) is 27.0. The number of ether oxygens (including phenoxy) is 5. The van der Waals surface area contributed by atoms with E-state index in [2.05, 4.69) is 16.3 Å². The van der Waals surface area contributed by atoms with Crippen molar-refractivity contribution >= 4 is 45.8 Å². The summed E-state index contributed by atoms with van der Waals surface area (Å²) in [7, 11) is 1.64. The largest absolute Gasteiger partial charge is 0.497 e. The standard InChI is InChI=1S/C37H39N3O7/c1-4-45-32-22-31(40-16-18-44-19-17-40)33(46-5-2)21-30(32)38-34(41)23-47-37(42)35-27-8-6-7-9-29(27)39-36-25(12-15-28(35)36)20-24-10-13-26(43-3)14-11-24/h6-11,13-14,20-22H,4-5,12,15-19,23H2,1-3H3,(H,38,41)/b25-20+. The van der Waals surface area contributed by atoms with Crippen molar-refractivity contribution in [1.29, 1.82) is 0 Å². The molecule has 1 aliphatic carbocycles. The fraction of sp³-hybridized carbons (Fsp3) is 0.324. The van der Waals surface area contributed by atoms with E-state index >= 15 is 0 Å². The third kappa shape index (κ3) is 7.02. The van der Waals surface area contributed by atoms with Gasteiger partial charge in [0.25, 0.3) is 5.91 Å². The number of allylic oxidation sites excluding steroid dienone is 1. The molecule has 4 aromatic rings. The molecule has 2 heterocycles. The number of fused-ring (bicyclic) bond motifs is 2. The van der Waals surface area contributed by atoms with Gasteiger partial charge in [0.2, 0.25) is 0 Å². The number of amides is 1. The molecule has 2 aliphatic rings. The van der Waals surface area contributed by atoms with E-state index in [1.54, 1.807) is 13.2 Å². The van der Waals surface area contributed by atoms with Crippen molar-refractivity contribution in [1.82, 2.24) is 4.98 Å². The summed E-state index contributed by atoms with van der Waals surface area (Å²) in [6.07, 6.45) is 3.46. The van der Waals surface area contributed by atoms with Crippen LogP contribution in [-0.2, 0) is 20.7 Å². The lowest BCUT2D eigenvalue weighted by Gasteiger charge is -2.31. The Morgan fingerprint density at radius 1 is 0.957 bits per heavy atom. The molecule has 244 valence electrons. The lowest BCUT2D eigenvalue weighted by Crippen LogP contribution is -2.36. The number of esters is 1. The molecule has 10 heteroatoms. The van der Waals surface area contributed by atoms with E-state index in [4.69, 9.17) is 28.7 Å².